The van der Waals surface area contributed by atoms with Gasteiger partial charge in [-0.2, -0.15) is 0 Å². The molecule has 0 amide bonds. The van der Waals surface area contributed by atoms with Crippen LogP contribution >= 0.6 is 0 Å². The Bertz CT molecular complexity index is 393. The molecule has 0 spiro atoms. The number of aliphatic hydroxyl groups is 2. The standard InChI is InChI=1S/C13H18N2O2/c16-8-9-1-4-13(14-5-9)15-6-10-2-3-12(17)11(10)7-15/h1,4-5,10-12,16-17H,2-3,6-8H2. The molecule has 0 aromatic carbocycles. The molecule has 1 aromatic rings. The monoisotopic (exact) mass is 234 g/mol. The summed E-state index contributed by atoms with van der Waals surface area (Å²) in [5, 5.41) is 18.8. The van der Waals surface area contributed by atoms with Gasteiger partial charge in [-0.25, -0.2) is 4.98 Å². The third-order valence-corrected chi connectivity index (χ3v) is 4.13. The van der Waals surface area contributed by atoms with Crippen LogP contribution in [-0.4, -0.2) is 34.4 Å². The fourth-order valence-corrected chi connectivity index (χ4v) is 3.12. The maximum absolute atomic E-state index is 9.87. The molecule has 4 nitrogen and oxygen atoms in total. The molecule has 3 rings (SSSR count). The lowest BCUT2D eigenvalue weighted by Crippen LogP contribution is -2.25. The molecule has 0 radical (unpaired) electrons. The van der Waals surface area contributed by atoms with Crippen LogP contribution in [0.4, 0.5) is 5.82 Å². The van der Waals surface area contributed by atoms with Gasteiger partial charge >= 0.3 is 0 Å². The minimum absolute atomic E-state index is 0.0389. The quantitative estimate of drug-likeness (QED) is 0.794. The van der Waals surface area contributed by atoms with Crippen LogP contribution in [0.25, 0.3) is 0 Å². The van der Waals surface area contributed by atoms with Gasteiger partial charge in [0.05, 0.1) is 12.7 Å². The molecule has 1 saturated heterocycles. The molecule has 1 aliphatic carbocycles. The zero-order valence-electron chi connectivity index (χ0n) is 9.79. The molecule has 1 aromatic heterocycles. The minimum atomic E-state index is -0.123. The van der Waals surface area contributed by atoms with Crippen molar-refractivity contribution in [3.63, 3.8) is 0 Å². The Kier molecular flexibility index (Phi) is 2.76. The Morgan fingerprint density at radius 3 is 2.82 bits per heavy atom. The van der Waals surface area contributed by atoms with Crippen LogP contribution in [0.2, 0.25) is 0 Å². The van der Waals surface area contributed by atoms with Crippen molar-refractivity contribution in [2.24, 2.45) is 11.8 Å². The molecule has 4 heteroatoms. The summed E-state index contributed by atoms with van der Waals surface area (Å²) in [7, 11) is 0. The Hall–Kier alpha value is -1.13. The summed E-state index contributed by atoms with van der Waals surface area (Å²) in [6, 6.07) is 3.87. The lowest BCUT2D eigenvalue weighted by atomic mass is 10.00. The van der Waals surface area contributed by atoms with E-state index in [1.807, 2.05) is 12.1 Å². The summed E-state index contributed by atoms with van der Waals surface area (Å²) in [5.74, 6) is 2.02. The zero-order chi connectivity index (χ0) is 11.8. The molecular formula is C13H18N2O2. The van der Waals surface area contributed by atoms with Crippen molar-refractivity contribution in [3.05, 3.63) is 23.9 Å². The van der Waals surface area contributed by atoms with E-state index < -0.39 is 0 Å². The van der Waals surface area contributed by atoms with E-state index in [4.69, 9.17) is 5.11 Å². The van der Waals surface area contributed by atoms with Gasteiger partial charge in [-0.05, 0) is 30.4 Å². The maximum atomic E-state index is 9.87. The van der Waals surface area contributed by atoms with Crippen LogP contribution in [0.1, 0.15) is 18.4 Å². The zero-order valence-corrected chi connectivity index (χ0v) is 9.79. The number of hydrogen-bond donors (Lipinski definition) is 2. The SMILES string of the molecule is OCc1ccc(N2CC3CCC(O)C3C2)nc1. The van der Waals surface area contributed by atoms with E-state index in [2.05, 4.69) is 9.88 Å². The van der Waals surface area contributed by atoms with E-state index in [-0.39, 0.29) is 12.7 Å². The summed E-state index contributed by atoms with van der Waals surface area (Å²) >= 11 is 0. The molecular weight excluding hydrogens is 216 g/mol. The molecule has 17 heavy (non-hydrogen) atoms. The van der Waals surface area contributed by atoms with Crippen LogP contribution in [0, 0.1) is 11.8 Å². The summed E-state index contributed by atoms with van der Waals surface area (Å²) in [5.41, 5.74) is 0.841. The highest BCUT2D eigenvalue weighted by atomic mass is 16.3. The van der Waals surface area contributed by atoms with Crippen molar-refractivity contribution >= 4 is 5.82 Å². The second-order valence-electron chi connectivity index (χ2n) is 5.16. The normalized spacial score (nSPS) is 31.9. The molecule has 2 fully saturated rings. The number of pyridine rings is 1. The average Bonchev–Trinajstić information content (AvgIpc) is 2.92. The summed E-state index contributed by atoms with van der Waals surface area (Å²) in [6.07, 6.45) is 3.69. The summed E-state index contributed by atoms with van der Waals surface area (Å²) < 4.78 is 0. The average molecular weight is 234 g/mol. The second-order valence-corrected chi connectivity index (χ2v) is 5.16. The van der Waals surface area contributed by atoms with Crippen molar-refractivity contribution in [1.29, 1.82) is 0 Å². The van der Waals surface area contributed by atoms with Gasteiger partial charge in [0.1, 0.15) is 5.82 Å². The Labute approximate surface area is 101 Å². The smallest absolute Gasteiger partial charge is 0.128 e. The first-order chi connectivity index (χ1) is 8.28. The second kappa shape index (κ2) is 4.27. The molecule has 3 unspecified atom stereocenters. The van der Waals surface area contributed by atoms with Gasteiger partial charge in [0, 0.05) is 25.2 Å². The van der Waals surface area contributed by atoms with E-state index in [1.54, 1.807) is 6.20 Å². The van der Waals surface area contributed by atoms with E-state index >= 15 is 0 Å². The first-order valence-corrected chi connectivity index (χ1v) is 6.26. The molecule has 0 bridgehead atoms. The Morgan fingerprint density at radius 2 is 2.18 bits per heavy atom. The fraction of sp³-hybridized carbons (Fsp3) is 0.615. The van der Waals surface area contributed by atoms with Crippen LogP contribution in [-0.2, 0) is 6.61 Å². The van der Waals surface area contributed by atoms with Crippen LogP contribution in [0.5, 0.6) is 0 Å². The van der Waals surface area contributed by atoms with Gasteiger partial charge in [0.15, 0.2) is 0 Å². The van der Waals surface area contributed by atoms with Crippen molar-refractivity contribution in [2.45, 2.75) is 25.6 Å². The predicted molar refractivity (Wildman–Crippen MR) is 64.6 cm³/mol. The largest absolute Gasteiger partial charge is 0.393 e. The van der Waals surface area contributed by atoms with Crippen molar-refractivity contribution in [2.75, 3.05) is 18.0 Å². The van der Waals surface area contributed by atoms with E-state index in [1.165, 1.54) is 0 Å². The minimum Gasteiger partial charge on any atom is -0.393 e. The van der Waals surface area contributed by atoms with Gasteiger partial charge in [-0.15, -0.1) is 0 Å². The van der Waals surface area contributed by atoms with E-state index in [0.717, 1.165) is 37.3 Å². The van der Waals surface area contributed by atoms with Gasteiger partial charge in [0.2, 0.25) is 0 Å². The number of fused-ring (bicyclic) bond motifs is 1. The highest BCUT2D eigenvalue weighted by Gasteiger charge is 2.42. The number of anilines is 1. The maximum Gasteiger partial charge on any atom is 0.128 e. The number of aliphatic hydroxyl groups excluding tert-OH is 2. The molecule has 3 atom stereocenters. The van der Waals surface area contributed by atoms with Crippen LogP contribution in [0.3, 0.4) is 0 Å². The van der Waals surface area contributed by atoms with Gasteiger partial charge in [-0.1, -0.05) is 6.07 Å². The molecule has 2 heterocycles. The molecule has 2 N–H and O–H groups in total. The third kappa shape index (κ3) is 1.91. The third-order valence-electron chi connectivity index (χ3n) is 4.13. The number of nitrogens with zero attached hydrogens (tertiary/aromatic N) is 2. The highest BCUT2D eigenvalue weighted by Crippen LogP contribution is 2.39. The Morgan fingerprint density at radius 1 is 1.29 bits per heavy atom. The van der Waals surface area contributed by atoms with E-state index in [0.29, 0.717) is 11.8 Å². The number of hydrogen-bond acceptors (Lipinski definition) is 4. The number of rotatable bonds is 2. The lowest BCUT2D eigenvalue weighted by Gasteiger charge is -2.19. The van der Waals surface area contributed by atoms with Gasteiger partial charge in [0.25, 0.3) is 0 Å². The summed E-state index contributed by atoms with van der Waals surface area (Å²) in [6.45, 7) is 1.96. The van der Waals surface area contributed by atoms with Crippen molar-refractivity contribution in [3.8, 4) is 0 Å². The first kappa shape index (κ1) is 11.0. The topological polar surface area (TPSA) is 56.6 Å². The Balaban J connectivity index is 1.73. The van der Waals surface area contributed by atoms with Crippen LogP contribution < -0.4 is 4.90 Å². The highest BCUT2D eigenvalue weighted by molar-refractivity contribution is 5.41. The first-order valence-electron chi connectivity index (χ1n) is 6.26. The van der Waals surface area contributed by atoms with Crippen LogP contribution in [0.15, 0.2) is 18.3 Å². The van der Waals surface area contributed by atoms with Crippen molar-refractivity contribution in [1.82, 2.24) is 4.98 Å². The lowest BCUT2D eigenvalue weighted by molar-refractivity contribution is 0.133. The van der Waals surface area contributed by atoms with Gasteiger partial charge < -0.3 is 15.1 Å². The fourth-order valence-electron chi connectivity index (χ4n) is 3.12. The molecule has 1 aliphatic heterocycles. The van der Waals surface area contributed by atoms with Gasteiger partial charge in [-0.3, -0.25) is 0 Å². The van der Waals surface area contributed by atoms with Crippen molar-refractivity contribution < 1.29 is 10.2 Å². The summed E-state index contributed by atoms with van der Waals surface area (Å²) in [4.78, 5) is 6.62. The van der Waals surface area contributed by atoms with E-state index in [9.17, 15) is 5.11 Å². The molecule has 1 saturated carbocycles. The predicted octanol–water partition coefficient (Wildman–Crippen LogP) is 0.781. The molecule has 2 aliphatic rings. The number of aromatic nitrogens is 1. The molecule has 92 valence electrons.